The minimum Gasteiger partial charge on any atom is -0.490 e. The average molecular weight is 434 g/mol. The van der Waals surface area contributed by atoms with Crippen molar-refractivity contribution in [2.45, 2.75) is 32.9 Å². The lowest BCUT2D eigenvalue weighted by molar-refractivity contribution is -0.132. The summed E-state index contributed by atoms with van der Waals surface area (Å²) in [6, 6.07) is 5.24. The molecule has 0 saturated heterocycles. The molecule has 9 nitrogen and oxygen atoms in total. The van der Waals surface area contributed by atoms with Crippen molar-refractivity contribution in [3.8, 4) is 11.5 Å². The Labute approximate surface area is 180 Å². The maximum absolute atomic E-state index is 12.3. The number of hydrogen-bond donors (Lipinski definition) is 0. The topological polar surface area (TPSA) is 98.9 Å². The van der Waals surface area contributed by atoms with Crippen molar-refractivity contribution in [1.82, 2.24) is 19.8 Å². The van der Waals surface area contributed by atoms with Crippen LogP contribution in [0.1, 0.15) is 32.0 Å². The van der Waals surface area contributed by atoms with Crippen LogP contribution < -0.4 is 15.0 Å². The number of hydrogen-bond acceptors (Lipinski definition) is 8. The first-order valence-electron chi connectivity index (χ1n) is 9.67. The van der Waals surface area contributed by atoms with Gasteiger partial charge in [-0.15, -0.1) is 10.2 Å². The zero-order valence-electron chi connectivity index (χ0n) is 17.9. The van der Waals surface area contributed by atoms with Crippen LogP contribution in [0.15, 0.2) is 33.3 Å². The molecule has 2 rings (SSSR count). The lowest BCUT2D eigenvalue weighted by atomic mass is 10.2. The maximum Gasteiger partial charge on any atom is 0.296 e. The predicted molar refractivity (Wildman–Crippen MR) is 117 cm³/mol. The number of carbonyl (C=O) groups is 1. The van der Waals surface area contributed by atoms with E-state index in [2.05, 4.69) is 15.3 Å². The lowest BCUT2D eigenvalue weighted by Crippen LogP contribution is -2.34. The van der Waals surface area contributed by atoms with Gasteiger partial charge >= 0.3 is 0 Å². The fourth-order valence-electron chi connectivity index (χ4n) is 2.60. The number of nitrogens with zero attached hydrogens (tertiary/aromatic N) is 5. The van der Waals surface area contributed by atoms with Gasteiger partial charge in [-0.2, -0.15) is 9.78 Å². The smallest absolute Gasteiger partial charge is 0.296 e. The minimum absolute atomic E-state index is 0.0658. The summed E-state index contributed by atoms with van der Waals surface area (Å²) < 4.78 is 12.6. The molecule has 1 aromatic carbocycles. The molecule has 0 radical (unpaired) electrons. The van der Waals surface area contributed by atoms with Gasteiger partial charge in [0, 0.05) is 13.1 Å². The molecule has 1 amide bonds. The number of benzene rings is 1. The average Bonchev–Trinajstić information content (AvgIpc) is 2.75. The number of carbonyl (C=O) groups excluding carboxylic acids is 1. The van der Waals surface area contributed by atoms with E-state index in [9.17, 15) is 9.59 Å². The first-order chi connectivity index (χ1) is 14.4. The SMILES string of the molecule is CCOc1cc(/C=N\n2c(SC)nnc(C)c2=O)ccc1OCC(=O)N(CC)CC. The van der Waals surface area contributed by atoms with Gasteiger partial charge in [0.1, 0.15) is 5.69 Å². The molecule has 0 spiro atoms. The molecule has 1 aromatic heterocycles. The van der Waals surface area contributed by atoms with E-state index in [-0.39, 0.29) is 23.8 Å². The Morgan fingerprint density at radius 1 is 1.20 bits per heavy atom. The third-order valence-electron chi connectivity index (χ3n) is 4.21. The van der Waals surface area contributed by atoms with Gasteiger partial charge < -0.3 is 14.4 Å². The molecule has 0 N–H and O–H groups in total. The summed E-state index contributed by atoms with van der Waals surface area (Å²) in [5, 5.41) is 12.5. The number of amides is 1. The van der Waals surface area contributed by atoms with Crippen LogP contribution in [0, 0.1) is 6.92 Å². The van der Waals surface area contributed by atoms with E-state index in [4.69, 9.17) is 9.47 Å². The first kappa shape index (κ1) is 23.4. The summed E-state index contributed by atoms with van der Waals surface area (Å²) in [6.45, 7) is 8.93. The van der Waals surface area contributed by atoms with Crippen LogP contribution in [0.3, 0.4) is 0 Å². The second-order valence-electron chi connectivity index (χ2n) is 6.13. The number of aromatic nitrogens is 3. The van der Waals surface area contributed by atoms with Crippen LogP contribution >= 0.6 is 11.8 Å². The van der Waals surface area contributed by atoms with Gasteiger partial charge in [-0.1, -0.05) is 11.8 Å². The monoisotopic (exact) mass is 433 g/mol. The molecule has 1 heterocycles. The highest BCUT2D eigenvalue weighted by atomic mass is 32.2. The minimum atomic E-state index is -0.328. The molecule has 2 aromatic rings. The van der Waals surface area contributed by atoms with Crippen LogP contribution in [-0.2, 0) is 4.79 Å². The van der Waals surface area contributed by atoms with Crippen LogP contribution in [0.5, 0.6) is 11.5 Å². The molecule has 0 bridgehead atoms. The number of likely N-dealkylation sites (N-methyl/N-ethyl adjacent to an activating group) is 1. The Balaban J connectivity index is 2.25. The zero-order valence-corrected chi connectivity index (χ0v) is 18.7. The van der Waals surface area contributed by atoms with Crippen molar-refractivity contribution in [3.63, 3.8) is 0 Å². The van der Waals surface area contributed by atoms with E-state index >= 15 is 0 Å². The highest BCUT2D eigenvalue weighted by Crippen LogP contribution is 2.28. The summed E-state index contributed by atoms with van der Waals surface area (Å²) in [4.78, 5) is 26.2. The second kappa shape index (κ2) is 11.3. The third kappa shape index (κ3) is 5.82. The van der Waals surface area contributed by atoms with Gasteiger partial charge in [0.25, 0.3) is 11.5 Å². The van der Waals surface area contributed by atoms with E-state index in [1.54, 1.807) is 36.3 Å². The molecule has 30 heavy (non-hydrogen) atoms. The normalized spacial score (nSPS) is 11.0. The Bertz CT molecular complexity index is 957. The van der Waals surface area contributed by atoms with E-state index in [0.717, 1.165) is 0 Å². The van der Waals surface area contributed by atoms with Crippen LogP contribution in [-0.4, -0.2) is 64.5 Å². The van der Waals surface area contributed by atoms with Crippen LogP contribution in [0.4, 0.5) is 0 Å². The van der Waals surface area contributed by atoms with Gasteiger partial charge in [0.15, 0.2) is 18.1 Å². The molecule has 0 aliphatic rings. The molecule has 0 unspecified atom stereocenters. The Morgan fingerprint density at radius 3 is 2.57 bits per heavy atom. The zero-order chi connectivity index (χ0) is 22.1. The third-order valence-corrected chi connectivity index (χ3v) is 4.83. The van der Waals surface area contributed by atoms with Gasteiger partial charge in [-0.25, -0.2) is 0 Å². The molecular formula is C20H27N5O4S. The van der Waals surface area contributed by atoms with E-state index in [1.807, 2.05) is 20.8 Å². The molecule has 0 saturated carbocycles. The number of aryl methyl sites for hydroxylation is 1. The van der Waals surface area contributed by atoms with E-state index in [0.29, 0.717) is 41.9 Å². The predicted octanol–water partition coefficient (Wildman–Crippen LogP) is 2.20. The highest BCUT2D eigenvalue weighted by Gasteiger charge is 2.13. The molecule has 0 fully saturated rings. The lowest BCUT2D eigenvalue weighted by Gasteiger charge is -2.19. The standard InChI is InChI=1S/C20H27N5O4S/c1-6-24(7-2)18(26)13-29-16-10-9-15(11-17(16)28-8-3)12-21-25-19(27)14(4)22-23-20(25)30-5/h9-12H,6-8,13H2,1-5H3/b21-12-. The van der Waals surface area contributed by atoms with Crippen molar-refractivity contribution < 1.29 is 14.3 Å². The highest BCUT2D eigenvalue weighted by molar-refractivity contribution is 7.98. The quantitative estimate of drug-likeness (QED) is 0.418. The summed E-state index contributed by atoms with van der Waals surface area (Å²) in [7, 11) is 0. The largest absolute Gasteiger partial charge is 0.490 e. The Hall–Kier alpha value is -2.88. The fourth-order valence-corrected chi connectivity index (χ4v) is 3.02. The summed E-state index contributed by atoms with van der Waals surface area (Å²) in [5.74, 6) is 0.880. The second-order valence-corrected chi connectivity index (χ2v) is 6.90. The van der Waals surface area contributed by atoms with Crippen molar-refractivity contribution in [2.24, 2.45) is 5.10 Å². The summed E-state index contributed by atoms with van der Waals surface area (Å²) in [6.07, 6.45) is 3.33. The molecule has 162 valence electrons. The molecule has 10 heteroatoms. The number of ether oxygens (including phenoxy) is 2. The van der Waals surface area contributed by atoms with Crippen molar-refractivity contribution in [3.05, 3.63) is 39.8 Å². The van der Waals surface area contributed by atoms with Crippen LogP contribution in [0.25, 0.3) is 0 Å². The Kier molecular flexibility index (Phi) is 8.85. The fraction of sp³-hybridized carbons (Fsp3) is 0.450. The summed E-state index contributed by atoms with van der Waals surface area (Å²) >= 11 is 1.28. The van der Waals surface area contributed by atoms with Gasteiger partial charge in [0.2, 0.25) is 5.16 Å². The molecule has 0 atom stereocenters. The van der Waals surface area contributed by atoms with Crippen molar-refractivity contribution in [2.75, 3.05) is 32.6 Å². The van der Waals surface area contributed by atoms with E-state index in [1.165, 1.54) is 22.7 Å². The van der Waals surface area contributed by atoms with Gasteiger partial charge in [-0.05, 0) is 57.7 Å². The van der Waals surface area contributed by atoms with Gasteiger partial charge in [-0.3, -0.25) is 9.59 Å². The van der Waals surface area contributed by atoms with Crippen molar-refractivity contribution in [1.29, 1.82) is 0 Å². The number of thioether (sulfide) groups is 1. The summed E-state index contributed by atoms with van der Waals surface area (Å²) in [5.41, 5.74) is 0.640. The molecule has 0 aliphatic carbocycles. The van der Waals surface area contributed by atoms with Gasteiger partial charge in [0.05, 0.1) is 12.8 Å². The molecular weight excluding hydrogens is 406 g/mol. The van der Waals surface area contributed by atoms with Crippen LogP contribution in [0.2, 0.25) is 0 Å². The van der Waals surface area contributed by atoms with E-state index < -0.39 is 0 Å². The van der Waals surface area contributed by atoms with Crippen molar-refractivity contribution >= 4 is 23.9 Å². The molecule has 0 aliphatic heterocycles. The Morgan fingerprint density at radius 2 is 1.93 bits per heavy atom. The first-order valence-corrected chi connectivity index (χ1v) is 10.9. The number of rotatable bonds is 10. The maximum atomic E-state index is 12.3.